The van der Waals surface area contributed by atoms with Gasteiger partial charge in [-0.1, -0.05) is 18.2 Å². The number of hydrogen-bond acceptors (Lipinski definition) is 7. The fourth-order valence-corrected chi connectivity index (χ4v) is 2.47. The van der Waals surface area contributed by atoms with Crippen LogP contribution in [0.3, 0.4) is 0 Å². The number of halogens is 3. The van der Waals surface area contributed by atoms with Gasteiger partial charge in [-0.25, -0.2) is 4.79 Å². The third-order valence-corrected chi connectivity index (χ3v) is 3.91. The van der Waals surface area contributed by atoms with Gasteiger partial charge in [0, 0.05) is 0 Å². The minimum Gasteiger partial charge on any atom is -0.469 e. The van der Waals surface area contributed by atoms with E-state index < -0.39 is 60.4 Å². The van der Waals surface area contributed by atoms with Crippen molar-refractivity contribution in [2.45, 2.75) is 25.1 Å². The van der Waals surface area contributed by atoms with Gasteiger partial charge < -0.3 is 19.5 Å². The van der Waals surface area contributed by atoms with Gasteiger partial charge >= 0.3 is 24.1 Å². The van der Waals surface area contributed by atoms with Gasteiger partial charge in [-0.2, -0.15) is 13.2 Å². The van der Waals surface area contributed by atoms with Gasteiger partial charge in [0.25, 0.3) is 0 Å². The first-order valence-electron chi connectivity index (χ1n) is 8.21. The van der Waals surface area contributed by atoms with Crippen molar-refractivity contribution in [1.29, 1.82) is 0 Å². The van der Waals surface area contributed by atoms with E-state index in [0.29, 0.717) is 0 Å². The number of ether oxygens (including phenoxy) is 3. The molecule has 0 aliphatic heterocycles. The topological polar surface area (TPSA) is 108 Å². The zero-order valence-electron chi connectivity index (χ0n) is 15.9. The molecule has 8 nitrogen and oxygen atoms in total. The highest BCUT2D eigenvalue weighted by Gasteiger charge is 2.38. The number of hydrogen-bond donors (Lipinski definition) is 1. The minimum absolute atomic E-state index is 0.0310. The lowest BCUT2D eigenvalue weighted by atomic mass is 9.95. The molecule has 1 aromatic carbocycles. The number of esters is 3. The van der Waals surface area contributed by atoms with E-state index in [1.807, 2.05) is 0 Å². The van der Waals surface area contributed by atoms with Gasteiger partial charge in [0.15, 0.2) is 0 Å². The molecule has 0 heterocycles. The summed E-state index contributed by atoms with van der Waals surface area (Å²) >= 11 is 0. The van der Waals surface area contributed by atoms with Gasteiger partial charge in [-0.3, -0.25) is 14.4 Å². The van der Waals surface area contributed by atoms with Crippen LogP contribution >= 0.6 is 0 Å². The molecule has 0 unspecified atom stereocenters. The smallest absolute Gasteiger partial charge is 0.416 e. The Morgan fingerprint density at radius 2 is 1.62 bits per heavy atom. The molecule has 1 rings (SSSR count). The van der Waals surface area contributed by atoms with Crippen molar-refractivity contribution in [2.24, 2.45) is 5.92 Å². The molecule has 1 amide bonds. The zero-order valence-corrected chi connectivity index (χ0v) is 15.9. The number of nitrogens with one attached hydrogen (secondary N) is 1. The molecule has 11 heteroatoms. The Labute approximate surface area is 164 Å². The predicted molar refractivity (Wildman–Crippen MR) is 91.2 cm³/mol. The minimum atomic E-state index is -4.59. The van der Waals surface area contributed by atoms with Crippen LogP contribution in [0, 0.1) is 5.92 Å². The summed E-state index contributed by atoms with van der Waals surface area (Å²) in [5.74, 6) is -5.18. The van der Waals surface area contributed by atoms with E-state index in [-0.39, 0.29) is 5.56 Å². The summed E-state index contributed by atoms with van der Waals surface area (Å²) in [5, 5.41) is 2.22. The molecule has 0 aromatic heterocycles. The first-order chi connectivity index (χ1) is 13.5. The third kappa shape index (κ3) is 7.09. The second-order valence-corrected chi connectivity index (χ2v) is 5.85. The van der Waals surface area contributed by atoms with Crippen molar-refractivity contribution in [1.82, 2.24) is 5.32 Å². The predicted octanol–water partition coefficient (Wildman–Crippen LogP) is 1.26. The number of rotatable bonds is 8. The van der Waals surface area contributed by atoms with Crippen LogP contribution in [-0.2, 0) is 46.0 Å². The van der Waals surface area contributed by atoms with E-state index in [4.69, 9.17) is 0 Å². The van der Waals surface area contributed by atoms with Gasteiger partial charge in [-0.15, -0.1) is 0 Å². The van der Waals surface area contributed by atoms with Crippen molar-refractivity contribution < 1.29 is 46.6 Å². The summed E-state index contributed by atoms with van der Waals surface area (Å²) in [4.78, 5) is 47.9. The van der Waals surface area contributed by atoms with E-state index in [2.05, 4.69) is 19.5 Å². The van der Waals surface area contributed by atoms with Gasteiger partial charge in [0.2, 0.25) is 5.91 Å². The lowest BCUT2D eigenvalue weighted by molar-refractivity contribution is -0.159. The Morgan fingerprint density at radius 3 is 2.14 bits per heavy atom. The fourth-order valence-electron chi connectivity index (χ4n) is 2.47. The number of amides is 1. The molecule has 0 saturated heterocycles. The van der Waals surface area contributed by atoms with Crippen molar-refractivity contribution in [2.75, 3.05) is 21.3 Å². The van der Waals surface area contributed by atoms with Crippen LogP contribution in [0.1, 0.15) is 17.5 Å². The Hall–Kier alpha value is -3.11. The van der Waals surface area contributed by atoms with E-state index in [1.165, 1.54) is 6.07 Å². The van der Waals surface area contributed by atoms with Crippen LogP contribution in [0.25, 0.3) is 0 Å². The average Bonchev–Trinajstić information content (AvgIpc) is 2.68. The second-order valence-electron chi connectivity index (χ2n) is 5.85. The fraction of sp³-hybridized carbons (Fsp3) is 0.444. The lowest BCUT2D eigenvalue weighted by Crippen LogP contribution is -2.50. The average molecular weight is 419 g/mol. The highest BCUT2D eigenvalue weighted by Crippen LogP contribution is 2.29. The quantitative estimate of drug-likeness (QED) is 0.499. The monoisotopic (exact) mass is 419 g/mol. The molecule has 1 aromatic rings. The normalized spacial score (nSPS) is 13.0. The molecule has 0 saturated carbocycles. The van der Waals surface area contributed by atoms with Crippen LogP contribution < -0.4 is 5.32 Å². The number of carbonyl (C=O) groups is 4. The van der Waals surface area contributed by atoms with Gasteiger partial charge in [-0.05, 0) is 11.6 Å². The van der Waals surface area contributed by atoms with E-state index in [9.17, 15) is 32.3 Å². The maximum absolute atomic E-state index is 12.8. The molecule has 0 aliphatic rings. The van der Waals surface area contributed by atoms with Crippen LogP contribution in [0.15, 0.2) is 24.3 Å². The maximum Gasteiger partial charge on any atom is 0.416 e. The zero-order chi connectivity index (χ0) is 22.2. The Bertz CT molecular complexity index is 764. The molecule has 0 spiro atoms. The highest BCUT2D eigenvalue weighted by atomic mass is 19.4. The van der Waals surface area contributed by atoms with Crippen molar-refractivity contribution >= 4 is 23.8 Å². The third-order valence-electron chi connectivity index (χ3n) is 3.91. The SMILES string of the molecule is COC(=O)C[C@@H](C(=O)OC)[C@H](NC(=O)Cc1cccc(C(F)(F)F)c1)C(=O)OC. The maximum atomic E-state index is 12.8. The Morgan fingerprint density at radius 1 is 1.00 bits per heavy atom. The second kappa shape index (κ2) is 10.4. The first-order valence-corrected chi connectivity index (χ1v) is 8.21. The number of benzene rings is 1. The standard InChI is InChI=1S/C18H20F3NO7/c1-27-14(24)9-12(16(25)28-2)15(17(26)29-3)22-13(23)8-10-5-4-6-11(7-10)18(19,20)21/h4-7,12,15H,8-9H2,1-3H3,(H,22,23)/t12-,15+/m1/s1. The first kappa shape index (κ1) is 23.9. The Kier molecular flexibility index (Phi) is 8.61. The molecule has 0 aliphatic carbocycles. The summed E-state index contributed by atoms with van der Waals surface area (Å²) in [6, 6.07) is 2.47. The van der Waals surface area contributed by atoms with Crippen molar-refractivity contribution in [3.05, 3.63) is 35.4 Å². The van der Waals surface area contributed by atoms with Gasteiger partial charge in [0.1, 0.15) is 6.04 Å². The van der Waals surface area contributed by atoms with Crippen molar-refractivity contribution in [3.8, 4) is 0 Å². The summed E-state index contributed by atoms with van der Waals surface area (Å²) < 4.78 is 52.0. The van der Waals surface area contributed by atoms with Crippen LogP contribution in [0.4, 0.5) is 13.2 Å². The van der Waals surface area contributed by atoms with Crippen LogP contribution in [0.2, 0.25) is 0 Å². The van der Waals surface area contributed by atoms with E-state index in [1.54, 1.807) is 0 Å². The van der Waals surface area contributed by atoms with Crippen molar-refractivity contribution in [3.63, 3.8) is 0 Å². The van der Waals surface area contributed by atoms with Gasteiger partial charge in [0.05, 0.1) is 45.7 Å². The van der Waals surface area contributed by atoms with Crippen LogP contribution in [-0.4, -0.2) is 51.2 Å². The molecular weight excluding hydrogens is 399 g/mol. The Balaban J connectivity index is 3.05. The van der Waals surface area contributed by atoms with E-state index in [0.717, 1.165) is 39.5 Å². The molecule has 160 valence electrons. The molecule has 29 heavy (non-hydrogen) atoms. The van der Waals surface area contributed by atoms with Crippen LogP contribution in [0.5, 0.6) is 0 Å². The molecular formula is C18H20F3NO7. The number of carbonyl (C=O) groups excluding carboxylic acids is 4. The molecule has 0 bridgehead atoms. The summed E-state index contributed by atoms with van der Waals surface area (Å²) in [6.45, 7) is 0. The molecule has 0 fully saturated rings. The molecule has 2 atom stereocenters. The molecule has 0 radical (unpaired) electrons. The number of methoxy groups -OCH3 is 3. The summed E-state index contributed by atoms with van der Waals surface area (Å²) in [6.07, 6.45) is -5.69. The van der Waals surface area contributed by atoms with E-state index >= 15 is 0 Å². The number of alkyl halides is 3. The summed E-state index contributed by atoms with van der Waals surface area (Å²) in [7, 11) is 3.09. The largest absolute Gasteiger partial charge is 0.469 e. The highest BCUT2D eigenvalue weighted by molar-refractivity contribution is 5.91. The summed E-state index contributed by atoms with van der Waals surface area (Å²) in [5.41, 5.74) is -0.908. The molecule has 1 N–H and O–H groups in total. The lowest BCUT2D eigenvalue weighted by Gasteiger charge is -2.23.